The van der Waals surface area contributed by atoms with Crippen LogP contribution in [0, 0.1) is 5.92 Å². The molecule has 1 aromatic carbocycles. The van der Waals surface area contributed by atoms with Crippen LogP contribution in [-0.4, -0.2) is 39.8 Å². The second-order valence-electron chi connectivity index (χ2n) is 5.99. The molecule has 0 amide bonds. The summed E-state index contributed by atoms with van der Waals surface area (Å²) in [5.41, 5.74) is 2.72. The molecule has 0 fully saturated rings. The Hall–Kier alpha value is -3.00. The van der Waals surface area contributed by atoms with Gasteiger partial charge in [0.2, 0.25) is 0 Å². The molecular formula is C18H21N5O3. The van der Waals surface area contributed by atoms with Crippen LogP contribution in [-0.2, 0) is 27.3 Å². The van der Waals surface area contributed by atoms with Crippen molar-refractivity contribution in [3.63, 3.8) is 0 Å². The van der Waals surface area contributed by atoms with Crippen molar-refractivity contribution in [1.29, 1.82) is 0 Å². The molecule has 0 spiro atoms. The quantitative estimate of drug-likeness (QED) is 0.651. The number of methoxy groups -OCH3 is 2. The smallest absolute Gasteiger partial charge is 0.308 e. The molecule has 0 aliphatic carbocycles. The molecule has 0 saturated heterocycles. The molecule has 0 radical (unpaired) electrons. The molecule has 26 heavy (non-hydrogen) atoms. The minimum absolute atomic E-state index is 0.176. The Morgan fingerprint density at radius 3 is 2.73 bits per heavy atom. The van der Waals surface area contributed by atoms with E-state index in [0.29, 0.717) is 18.8 Å². The van der Waals surface area contributed by atoms with Gasteiger partial charge in [0.05, 0.1) is 25.3 Å². The zero-order valence-electron chi connectivity index (χ0n) is 15.0. The summed E-state index contributed by atoms with van der Waals surface area (Å²) >= 11 is 0. The zero-order valence-corrected chi connectivity index (χ0v) is 15.0. The Bertz CT molecular complexity index is 891. The fourth-order valence-corrected chi connectivity index (χ4v) is 2.68. The van der Waals surface area contributed by atoms with Crippen LogP contribution < -0.4 is 5.32 Å². The second kappa shape index (κ2) is 7.92. The van der Waals surface area contributed by atoms with E-state index >= 15 is 0 Å². The van der Waals surface area contributed by atoms with E-state index in [2.05, 4.69) is 20.4 Å². The minimum Gasteiger partial charge on any atom is -0.469 e. The summed E-state index contributed by atoms with van der Waals surface area (Å²) in [5.74, 6) is 0.870. The Labute approximate surface area is 151 Å². The highest BCUT2D eigenvalue weighted by Crippen LogP contribution is 2.20. The average molecular weight is 355 g/mol. The number of carbonyl (C=O) groups excluding carboxylic acids is 1. The van der Waals surface area contributed by atoms with Crippen LogP contribution in [0.1, 0.15) is 18.2 Å². The molecule has 1 N–H and O–H groups in total. The van der Waals surface area contributed by atoms with Gasteiger partial charge in [0, 0.05) is 18.9 Å². The van der Waals surface area contributed by atoms with Gasteiger partial charge in [0.15, 0.2) is 0 Å². The van der Waals surface area contributed by atoms with Crippen LogP contribution in [0.15, 0.2) is 36.7 Å². The van der Waals surface area contributed by atoms with E-state index in [1.807, 2.05) is 37.3 Å². The maximum Gasteiger partial charge on any atom is 0.308 e. The lowest BCUT2D eigenvalue weighted by atomic mass is 10.0. The highest BCUT2D eigenvalue weighted by Gasteiger charge is 2.13. The van der Waals surface area contributed by atoms with Crippen LogP contribution >= 0.6 is 0 Å². The number of anilines is 2. The van der Waals surface area contributed by atoms with Gasteiger partial charge in [-0.2, -0.15) is 14.6 Å². The normalized spacial score (nSPS) is 12.1. The first kappa shape index (κ1) is 17.8. The van der Waals surface area contributed by atoms with E-state index in [-0.39, 0.29) is 11.9 Å². The van der Waals surface area contributed by atoms with Gasteiger partial charge in [-0.15, -0.1) is 0 Å². The van der Waals surface area contributed by atoms with Gasteiger partial charge in [-0.3, -0.25) is 4.79 Å². The molecule has 0 aliphatic rings. The molecule has 2 aromatic heterocycles. The maximum absolute atomic E-state index is 11.5. The molecule has 0 aliphatic heterocycles. The number of hydrogen-bond donors (Lipinski definition) is 1. The number of nitrogens with one attached hydrogen (secondary N) is 1. The monoisotopic (exact) mass is 355 g/mol. The number of fused-ring (bicyclic) bond motifs is 1. The van der Waals surface area contributed by atoms with Crippen molar-refractivity contribution >= 4 is 23.3 Å². The van der Waals surface area contributed by atoms with E-state index in [9.17, 15) is 4.79 Å². The first-order chi connectivity index (χ1) is 12.6. The Kier molecular flexibility index (Phi) is 5.43. The fraction of sp³-hybridized carbons (Fsp3) is 0.333. The molecule has 3 rings (SSSR count). The summed E-state index contributed by atoms with van der Waals surface area (Å²) in [6.07, 6.45) is 2.09. The molecule has 0 saturated carbocycles. The summed E-state index contributed by atoms with van der Waals surface area (Å²) in [5, 5.41) is 7.51. The molecule has 8 heteroatoms. The lowest BCUT2D eigenvalue weighted by Gasteiger charge is -2.12. The topological polar surface area (TPSA) is 90.6 Å². The van der Waals surface area contributed by atoms with Gasteiger partial charge >= 0.3 is 5.97 Å². The van der Waals surface area contributed by atoms with Crippen molar-refractivity contribution in [2.45, 2.75) is 20.0 Å². The third-order valence-corrected chi connectivity index (χ3v) is 3.97. The van der Waals surface area contributed by atoms with Gasteiger partial charge in [-0.1, -0.05) is 19.1 Å². The molecular weight excluding hydrogens is 334 g/mol. The number of nitrogens with zero attached hydrogens (tertiary/aromatic N) is 4. The van der Waals surface area contributed by atoms with Crippen molar-refractivity contribution in [3.05, 3.63) is 47.9 Å². The van der Waals surface area contributed by atoms with Crippen molar-refractivity contribution in [2.75, 3.05) is 19.5 Å². The van der Waals surface area contributed by atoms with Crippen molar-refractivity contribution in [2.24, 2.45) is 5.92 Å². The lowest BCUT2D eigenvalue weighted by Crippen LogP contribution is -2.15. The Morgan fingerprint density at radius 2 is 2.04 bits per heavy atom. The van der Waals surface area contributed by atoms with E-state index < -0.39 is 0 Å². The third kappa shape index (κ3) is 3.97. The number of hydrogen-bond acceptors (Lipinski definition) is 7. The lowest BCUT2D eigenvalue weighted by molar-refractivity contribution is -0.144. The van der Waals surface area contributed by atoms with Crippen LogP contribution in [0.25, 0.3) is 5.78 Å². The van der Waals surface area contributed by atoms with Gasteiger partial charge in [-0.25, -0.2) is 4.98 Å². The summed E-state index contributed by atoms with van der Waals surface area (Å²) < 4.78 is 11.6. The Morgan fingerprint density at radius 1 is 1.27 bits per heavy atom. The Balaban J connectivity index is 1.78. The number of esters is 1. The van der Waals surface area contributed by atoms with E-state index in [4.69, 9.17) is 9.47 Å². The minimum atomic E-state index is -0.205. The fourth-order valence-electron chi connectivity index (χ4n) is 2.68. The summed E-state index contributed by atoms with van der Waals surface area (Å²) in [4.78, 5) is 20.1. The van der Waals surface area contributed by atoms with Gasteiger partial charge in [0.1, 0.15) is 12.1 Å². The molecule has 1 atom stereocenters. The SMILES string of the molecule is COCc1cc(Nc2ccc(CC(C)C(=O)OC)cc2)n2ncnc2n1. The first-order valence-electron chi connectivity index (χ1n) is 8.23. The first-order valence-corrected chi connectivity index (χ1v) is 8.23. The van der Waals surface area contributed by atoms with Gasteiger partial charge in [0.25, 0.3) is 5.78 Å². The molecule has 136 valence electrons. The van der Waals surface area contributed by atoms with Crippen molar-refractivity contribution in [1.82, 2.24) is 19.6 Å². The molecule has 3 aromatic rings. The summed E-state index contributed by atoms with van der Waals surface area (Å²) in [7, 11) is 3.03. The predicted octanol–water partition coefficient (Wildman–Crippen LogP) is 2.37. The van der Waals surface area contributed by atoms with E-state index in [0.717, 1.165) is 22.8 Å². The second-order valence-corrected chi connectivity index (χ2v) is 5.99. The van der Waals surface area contributed by atoms with Crippen LogP contribution in [0.3, 0.4) is 0 Å². The standard InChI is InChI=1S/C18H21N5O3/c1-12(17(24)26-3)8-13-4-6-14(7-5-13)21-16-9-15(10-25-2)22-18-19-11-20-23(16)18/h4-7,9,11-12,21H,8,10H2,1-3H3. The number of aromatic nitrogens is 4. The summed E-state index contributed by atoms with van der Waals surface area (Å²) in [6.45, 7) is 2.25. The molecule has 1 unspecified atom stereocenters. The van der Waals surface area contributed by atoms with Gasteiger partial charge < -0.3 is 14.8 Å². The highest BCUT2D eigenvalue weighted by molar-refractivity contribution is 5.72. The predicted molar refractivity (Wildman–Crippen MR) is 96.1 cm³/mol. The number of carbonyl (C=O) groups is 1. The van der Waals surface area contributed by atoms with Crippen molar-refractivity contribution < 1.29 is 14.3 Å². The molecule has 8 nitrogen and oxygen atoms in total. The summed E-state index contributed by atoms with van der Waals surface area (Å²) in [6, 6.07) is 9.75. The average Bonchev–Trinajstić information content (AvgIpc) is 3.11. The van der Waals surface area contributed by atoms with Crippen LogP contribution in [0.4, 0.5) is 11.5 Å². The number of benzene rings is 1. The highest BCUT2D eigenvalue weighted by atomic mass is 16.5. The van der Waals surface area contributed by atoms with Crippen LogP contribution in [0.5, 0.6) is 0 Å². The third-order valence-electron chi connectivity index (χ3n) is 3.97. The largest absolute Gasteiger partial charge is 0.469 e. The van der Waals surface area contributed by atoms with E-state index in [1.54, 1.807) is 11.6 Å². The number of rotatable bonds is 7. The molecule has 0 bridgehead atoms. The van der Waals surface area contributed by atoms with E-state index in [1.165, 1.54) is 13.4 Å². The molecule has 2 heterocycles. The number of ether oxygens (including phenoxy) is 2. The maximum atomic E-state index is 11.5. The van der Waals surface area contributed by atoms with Crippen LogP contribution in [0.2, 0.25) is 0 Å². The van der Waals surface area contributed by atoms with Crippen molar-refractivity contribution in [3.8, 4) is 0 Å². The van der Waals surface area contributed by atoms with Gasteiger partial charge in [-0.05, 0) is 24.1 Å². The zero-order chi connectivity index (χ0) is 18.5.